The molecule has 1 saturated heterocycles. The standard InChI is InChI=1S/C12H14BrF2NO/c1-17-9-5-8(14)10(12(15)11(9)13)7-3-2-4-16-6-7/h5,7,16H,2-4,6H2,1H3. The third-order valence-corrected chi connectivity index (χ3v) is 3.82. The van der Waals surface area contributed by atoms with E-state index < -0.39 is 11.6 Å². The van der Waals surface area contributed by atoms with E-state index in [2.05, 4.69) is 21.2 Å². The number of rotatable bonds is 2. The number of piperidine rings is 1. The second kappa shape index (κ2) is 5.31. The number of halogens is 3. The lowest BCUT2D eigenvalue weighted by Gasteiger charge is -2.24. The van der Waals surface area contributed by atoms with Crippen molar-refractivity contribution >= 4 is 15.9 Å². The molecule has 0 radical (unpaired) electrons. The average Bonchev–Trinajstić information content (AvgIpc) is 2.35. The van der Waals surface area contributed by atoms with Crippen molar-refractivity contribution in [2.24, 2.45) is 0 Å². The summed E-state index contributed by atoms with van der Waals surface area (Å²) in [5.74, 6) is -0.995. The molecule has 1 aromatic rings. The Morgan fingerprint density at radius 1 is 1.47 bits per heavy atom. The summed E-state index contributed by atoms with van der Waals surface area (Å²) in [5.41, 5.74) is 0.157. The van der Waals surface area contributed by atoms with Crippen LogP contribution in [0.2, 0.25) is 0 Å². The zero-order valence-corrected chi connectivity index (χ0v) is 11.1. The van der Waals surface area contributed by atoms with Crippen molar-refractivity contribution in [3.05, 3.63) is 27.7 Å². The molecule has 0 aliphatic carbocycles. The van der Waals surface area contributed by atoms with E-state index in [4.69, 9.17) is 4.74 Å². The van der Waals surface area contributed by atoms with E-state index in [0.717, 1.165) is 19.4 Å². The zero-order valence-electron chi connectivity index (χ0n) is 9.53. The van der Waals surface area contributed by atoms with Gasteiger partial charge in [-0.15, -0.1) is 0 Å². The molecule has 1 fully saturated rings. The normalized spacial score (nSPS) is 20.4. The fourth-order valence-electron chi connectivity index (χ4n) is 2.21. The quantitative estimate of drug-likeness (QED) is 0.847. The summed E-state index contributed by atoms with van der Waals surface area (Å²) in [7, 11) is 1.39. The van der Waals surface area contributed by atoms with Crippen LogP contribution in [0, 0.1) is 11.6 Å². The Morgan fingerprint density at radius 3 is 2.82 bits per heavy atom. The minimum absolute atomic E-state index is 0.106. The van der Waals surface area contributed by atoms with E-state index in [1.807, 2.05) is 0 Å². The molecule has 0 amide bonds. The van der Waals surface area contributed by atoms with Gasteiger partial charge < -0.3 is 10.1 Å². The Morgan fingerprint density at radius 2 is 2.24 bits per heavy atom. The molecular weight excluding hydrogens is 292 g/mol. The fraction of sp³-hybridized carbons (Fsp3) is 0.500. The van der Waals surface area contributed by atoms with E-state index in [9.17, 15) is 8.78 Å². The smallest absolute Gasteiger partial charge is 0.147 e. The monoisotopic (exact) mass is 305 g/mol. The van der Waals surface area contributed by atoms with Crippen molar-refractivity contribution in [3.63, 3.8) is 0 Å². The maximum absolute atomic E-state index is 14.1. The molecule has 1 aliphatic rings. The Labute approximate surface area is 107 Å². The Hall–Kier alpha value is -0.680. The molecule has 1 atom stereocenters. The average molecular weight is 306 g/mol. The molecule has 94 valence electrons. The predicted octanol–water partition coefficient (Wildman–Crippen LogP) is 3.20. The van der Waals surface area contributed by atoms with Crippen LogP contribution in [0.3, 0.4) is 0 Å². The van der Waals surface area contributed by atoms with Crippen molar-refractivity contribution in [2.75, 3.05) is 20.2 Å². The first kappa shape index (κ1) is 12.8. The molecule has 17 heavy (non-hydrogen) atoms. The summed E-state index contributed by atoms with van der Waals surface area (Å²) in [5, 5.41) is 3.16. The number of methoxy groups -OCH3 is 1. The van der Waals surface area contributed by atoms with Crippen LogP contribution in [-0.4, -0.2) is 20.2 Å². The maximum atomic E-state index is 14.1. The largest absolute Gasteiger partial charge is 0.495 e. The first-order valence-electron chi connectivity index (χ1n) is 5.57. The van der Waals surface area contributed by atoms with E-state index in [1.165, 1.54) is 13.2 Å². The van der Waals surface area contributed by atoms with Crippen LogP contribution in [0.1, 0.15) is 24.3 Å². The highest BCUT2D eigenvalue weighted by Crippen LogP contribution is 2.36. The van der Waals surface area contributed by atoms with Gasteiger partial charge in [-0.2, -0.15) is 0 Å². The Kier molecular flexibility index (Phi) is 3.99. The number of hydrogen-bond acceptors (Lipinski definition) is 2. The van der Waals surface area contributed by atoms with Gasteiger partial charge in [-0.25, -0.2) is 8.78 Å². The lowest BCUT2D eigenvalue weighted by atomic mass is 9.91. The van der Waals surface area contributed by atoms with Crippen LogP contribution in [0.25, 0.3) is 0 Å². The minimum Gasteiger partial charge on any atom is -0.495 e. The molecule has 1 heterocycles. The lowest BCUT2D eigenvalue weighted by molar-refractivity contribution is 0.392. The first-order valence-corrected chi connectivity index (χ1v) is 6.36. The van der Waals surface area contributed by atoms with Gasteiger partial charge in [-0.1, -0.05) is 0 Å². The summed E-state index contributed by atoms with van der Waals surface area (Å²) in [6, 6.07) is 1.23. The van der Waals surface area contributed by atoms with Crippen LogP contribution in [0.4, 0.5) is 8.78 Å². The summed E-state index contributed by atoms with van der Waals surface area (Å²) >= 11 is 3.10. The number of ether oxygens (including phenoxy) is 1. The molecule has 1 aliphatic heterocycles. The minimum atomic E-state index is -0.546. The Bertz CT molecular complexity index is 419. The first-order chi connectivity index (χ1) is 8.15. The van der Waals surface area contributed by atoms with E-state index >= 15 is 0 Å². The lowest BCUT2D eigenvalue weighted by Crippen LogP contribution is -2.29. The molecular formula is C12H14BrF2NO. The third-order valence-electron chi connectivity index (χ3n) is 3.09. The van der Waals surface area contributed by atoms with Crippen LogP contribution >= 0.6 is 15.9 Å². The van der Waals surface area contributed by atoms with Gasteiger partial charge in [0.2, 0.25) is 0 Å². The summed E-state index contributed by atoms with van der Waals surface area (Å²) in [6.07, 6.45) is 1.74. The zero-order chi connectivity index (χ0) is 12.4. The third kappa shape index (κ3) is 2.45. The van der Waals surface area contributed by atoms with Gasteiger partial charge in [-0.05, 0) is 35.3 Å². The summed E-state index contributed by atoms with van der Waals surface area (Å²) < 4.78 is 33.1. The SMILES string of the molecule is COc1cc(F)c(C2CCCNC2)c(F)c1Br. The van der Waals surface area contributed by atoms with Gasteiger partial charge in [0.15, 0.2) is 0 Å². The summed E-state index contributed by atoms with van der Waals surface area (Å²) in [6.45, 7) is 1.53. The number of nitrogens with one attached hydrogen (secondary N) is 1. The van der Waals surface area contributed by atoms with Crippen molar-refractivity contribution in [2.45, 2.75) is 18.8 Å². The van der Waals surface area contributed by atoms with Gasteiger partial charge in [0.1, 0.15) is 17.4 Å². The Balaban J connectivity index is 2.42. The van der Waals surface area contributed by atoms with Crippen molar-refractivity contribution in [1.29, 1.82) is 0 Å². The fourth-order valence-corrected chi connectivity index (χ4v) is 2.70. The number of hydrogen-bond donors (Lipinski definition) is 1. The molecule has 5 heteroatoms. The highest BCUT2D eigenvalue weighted by Gasteiger charge is 2.25. The highest BCUT2D eigenvalue weighted by molar-refractivity contribution is 9.10. The second-order valence-electron chi connectivity index (χ2n) is 4.15. The molecule has 1 N–H and O–H groups in total. The van der Waals surface area contributed by atoms with Gasteiger partial charge in [0, 0.05) is 24.1 Å². The van der Waals surface area contributed by atoms with Crippen LogP contribution < -0.4 is 10.1 Å². The highest BCUT2D eigenvalue weighted by atomic mass is 79.9. The van der Waals surface area contributed by atoms with Crippen molar-refractivity contribution in [1.82, 2.24) is 5.32 Å². The molecule has 0 spiro atoms. The molecule has 1 unspecified atom stereocenters. The van der Waals surface area contributed by atoms with Crippen molar-refractivity contribution in [3.8, 4) is 5.75 Å². The predicted molar refractivity (Wildman–Crippen MR) is 65.5 cm³/mol. The van der Waals surface area contributed by atoms with E-state index in [-0.39, 0.29) is 21.7 Å². The molecule has 2 rings (SSSR count). The summed E-state index contributed by atoms with van der Waals surface area (Å²) in [4.78, 5) is 0. The van der Waals surface area contributed by atoms with E-state index in [0.29, 0.717) is 6.54 Å². The van der Waals surface area contributed by atoms with Crippen LogP contribution in [0.15, 0.2) is 10.5 Å². The van der Waals surface area contributed by atoms with Gasteiger partial charge in [0.25, 0.3) is 0 Å². The van der Waals surface area contributed by atoms with Gasteiger partial charge >= 0.3 is 0 Å². The maximum Gasteiger partial charge on any atom is 0.147 e. The molecule has 0 saturated carbocycles. The van der Waals surface area contributed by atoms with Gasteiger partial charge in [0.05, 0.1) is 11.6 Å². The van der Waals surface area contributed by atoms with Crippen LogP contribution in [0.5, 0.6) is 5.75 Å². The second-order valence-corrected chi connectivity index (χ2v) is 4.94. The van der Waals surface area contributed by atoms with Gasteiger partial charge in [-0.3, -0.25) is 0 Å². The number of benzene rings is 1. The topological polar surface area (TPSA) is 21.3 Å². The molecule has 1 aromatic carbocycles. The van der Waals surface area contributed by atoms with Crippen LogP contribution in [-0.2, 0) is 0 Å². The molecule has 0 aromatic heterocycles. The molecule has 2 nitrogen and oxygen atoms in total. The molecule has 0 bridgehead atoms. The van der Waals surface area contributed by atoms with E-state index in [1.54, 1.807) is 0 Å². The van der Waals surface area contributed by atoms with Crippen molar-refractivity contribution < 1.29 is 13.5 Å².